The Morgan fingerprint density at radius 3 is 3.18 bits per heavy atom. The van der Waals surface area contributed by atoms with Crippen LogP contribution in [0.15, 0.2) is 21.4 Å². The van der Waals surface area contributed by atoms with Crippen LogP contribution >= 0.6 is 27.5 Å². The second-order valence-electron chi connectivity index (χ2n) is 1.98. The van der Waals surface area contributed by atoms with E-state index in [0.717, 1.165) is 5.39 Å². The zero-order valence-electron chi connectivity index (χ0n) is 5.21. The number of nitrogens with zero attached hydrogens (tertiary/aromatic N) is 2. The molecule has 0 unspecified atom stereocenters. The molecule has 0 radical (unpaired) electrons. The van der Waals surface area contributed by atoms with Gasteiger partial charge in [-0.2, -0.15) is 0 Å². The molecule has 0 saturated carbocycles. The summed E-state index contributed by atoms with van der Waals surface area (Å²) in [4.78, 5) is 3.83. The molecule has 11 heavy (non-hydrogen) atoms. The van der Waals surface area contributed by atoms with E-state index in [0.29, 0.717) is 15.3 Å². The Labute approximate surface area is 75.5 Å². The molecule has 0 aromatic carbocycles. The fourth-order valence-corrected chi connectivity index (χ4v) is 1.33. The van der Waals surface area contributed by atoms with E-state index < -0.39 is 0 Å². The maximum atomic E-state index is 5.65. The van der Waals surface area contributed by atoms with E-state index in [1.54, 1.807) is 6.07 Å². The van der Waals surface area contributed by atoms with Gasteiger partial charge in [0.2, 0.25) is 0 Å². The van der Waals surface area contributed by atoms with Crippen LogP contribution in [0.3, 0.4) is 0 Å². The fraction of sp³-hybridized carbons (Fsp3) is 0. The molecule has 0 spiro atoms. The van der Waals surface area contributed by atoms with E-state index in [1.165, 1.54) is 6.20 Å². The molecule has 2 heterocycles. The van der Waals surface area contributed by atoms with Crippen LogP contribution in [0.25, 0.3) is 11.0 Å². The number of halogens is 2. The topological polar surface area (TPSA) is 38.9 Å². The molecule has 2 rings (SSSR count). The summed E-state index contributed by atoms with van der Waals surface area (Å²) in [5.41, 5.74) is 0.626. The smallest absolute Gasteiger partial charge is 0.186 e. The van der Waals surface area contributed by atoms with Crippen LogP contribution in [0.1, 0.15) is 0 Å². The van der Waals surface area contributed by atoms with Gasteiger partial charge >= 0.3 is 0 Å². The summed E-state index contributed by atoms with van der Waals surface area (Å²) >= 11 is 8.86. The summed E-state index contributed by atoms with van der Waals surface area (Å²) in [6.07, 6.45) is 1.54. The highest BCUT2D eigenvalue weighted by Crippen LogP contribution is 2.23. The van der Waals surface area contributed by atoms with Crippen LogP contribution in [-0.2, 0) is 0 Å². The van der Waals surface area contributed by atoms with Gasteiger partial charge in [0.15, 0.2) is 10.2 Å². The van der Waals surface area contributed by atoms with Crippen molar-refractivity contribution in [3.63, 3.8) is 0 Å². The molecule has 0 bridgehead atoms. The SMILES string of the molecule is Clc1cc2c(Br)noc2cn1. The van der Waals surface area contributed by atoms with Crippen molar-refractivity contribution in [2.24, 2.45) is 0 Å². The van der Waals surface area contributed by atoms with Crippen molar-refractivity contribution >= 4 is 38.5 Å². The fourth-order valence-electron chi connectivity index (χ4n) is 0.790. The van der Waals surface area contributed by atoms with Gasteiger partial charge in [0.25, 0.3) is 0 Å². The molecule has 5 heteroatoms. The zero-order chi connectivity index (χ0) is 7.84. The first kappa shape index (κ1) is 7.06. The molecule has 0 aliphatic heterocycles. The van der Waals surface area contributed by atoms with Gasteiger partial charge < -0.3 is 4.52 Å². The normalized spacial score (nSPS) is 10.7. The van der Waals surface area contributed by atoms with Gasteiger partial charge in [-0.05, 0) is 22.0 Å². The first-order chi connectivity index (χ1) is 5.27. The summed E-state index contributed by atoms with van der Waals surface area (Å²) in [5, 5.41) is 4.95. The number of hydrogen-bond acceptors (Lipinski definition) is 3. The molecule has 0 saturated heterocycles. The van der Waals surface area contributed by atoms with Crippen molar-refractivity contribution < 1.29 is 4.52 Å². The number of rotatable bonds is 0. The van der Waals surface area contributed by atoms with Crippen molar-refractivity contribution in [2.75, 3.05) is 0 Å². The lowest BCUT2D eigenvalue weighted by atomic mass is 10.3. The summed E-state index contributed by atoms with van der Waals surface area (Å²) in [5.74, 6) is 0. The number of hydrogen-bond donors (Lipinski definition) is 0. The minimum absolute atomic E-state index is 0.432. The first-order valence-corrected chi connectivity index (χ1v) is 4.01. The van der Waals surface area contributed by atoms with Gasteiger partial charge in [-0.1, -0.05) is 16.8 Å². The number of pyridine rings is 1. The second-order valence-corrected chi connectivity index (χ2v) is 3.11. The van der Waals surface area contributed by atoms with Crippen LogP contribution in [0.4, 0.5) is 0 Å². The monoisotopic (exact) mass is 232 g/mol. The van der Waals surface area contributed by atoms with E-state index in [2.05, 4.69) is 26.1 Å². The molecule has 0 N–H and O–H groups in total. The summed E-state index contributed by atoms with van der Waals surface area (Å²) in [6, 6.07) is 1.69. The Kier molecular flexibility index (Phi) is 1.58. The highest BCUT2D eigenvalue weighted by Gasteiger charge is 2.05. The largest absolute Gasteiger partial charge is 0.353 e. The highest BCUT2D eigenvalue weighted by molar-refractivity contribution is 9.10. The zero-order valence-corrected chi connectivity index (χ0v) is 7.56. The average Bonchev–Trinajstić information content (AvgIpc) is 2.33. The molecular formula is C6H2BrClN2O. The maximum absolute atomic E-state index is 5.65. The second kappa shape index (κ2) is 2.46. The van der Waals surface area contributed by atoms with Gasteiger partial charge in [0.05, 0.1) is 11.6 Å². The van der Waals surface area contributed by atoms with Crippen molar-refractivity contribution in [3.8, 4) is 0 Å². The summed E-state index contributed by atoms with van der Waals surface area (Å²) in [6.45, 7) is 0. The standard InChI is InChI=1S/C6H2BrClN2O/c7-6-3-1-5(8)9-2-4(3)11-10-6/h1-2H. The minimum atomic E-state index is 0.432. The van der Waals surface area contributed by atoms with E-state index in [9.17, 15) is 0 Å². The Hall–Kier alpha value is -0.610. The van der Waals surface area contributed by atoms with Crippen molar-refractivity contribution in [1.82, 2.24) is 10.1 Å². The van der Waals surface area contributed by atoms with Crippen molar-refractivity contribution in [1.29, 1.82) is 0 Å². The molecule has 0 atom stereocenters. The van der Waals surface area contributed by atoms with Gasteiger partial charge in [-0.3, -0.25) is 0 Å². The van der Waals surface area contributed by atoms with E-state index in [4.69, 9.17) is 16.1 Å². The molecule has 2 aromatic rings. The van der Waals surface area contributed by atoms with Gasteiger partial charge in [-0.25, -0.2) is 4.98 Å². The van der Waals surface area contributed by atoms with Crippen LogP contribution in [0.2, 0.25) is 5.15 Å². The van der Waals surface area contributed by atoms with E-state index >= 15 is 0 Å². The Bertz CT molecular complexity index is 400. The van der Waals surface area contributed by atoms with Crippen LogP contribution in [-0.4, -0.2) is 10.1 Å². The summed E-state index contributed by atoms with van der Waals surface area (Å²) in [7, 11) is 0. The molecular weight excluding hydrogens is 231 g/mol. The predicted octanol–water partition coefficient (Wildman–Crippen LogP) is 2.64. The minimum Gasteiger partial charge on any atom is -0.353 e. The third-order valence-corrected chi connectivity index (χ3v) is 2.06. The third kappa shape index (κ3) is 1.12. The molecule has 0 fully saturated rings. The first-order valence-electron chi connectivity index (χ1n) is 2.84. The molecule has 56 valence electrons. The van der Waals surface area contributed by atoms with Crippen LogP contribution in [0.5, 0.6) is 0 Å². The van der Waals surface area contributed by atoms with E-state index in [1.807, 2.05) is 0 Å². The molecule has 3 nitrogen and oxygen atoms in total. The van der Waals surface area contributed by atoms with Crippen molar-refractivity contribution in [2.45, 2.75) is 0 Å². The summed E-state index contributed by atoms with van der Waals surface area (Å²) < 4.78 is 5.54. The van der Waals surface area contributed by atoms with Crippen LogP contribution in [0, 0.1) is 0 Å². The van der Waals surface area contributed by atoms with E-state index in [-0.39, 0.29) is 0 Å². The Morgan fingerprint density at radius 2 is 2.36 bits per heavy atom. The lowest BCUT2D eigenvalue weighted by molar-refractivity contribution is 0.450. The molecule has 0 amide bonds. The van der Waals surface area contributed by atoms with Gasteiger partial charge in [-0.15, -0.1) is 0 Å². The van der Waals surface area contributed by atoms with Crippen molar-refractivity contribution in [3.05, 3.63) is 22.0 Å². The van der Waals surface area contributed by atoms with Crippen LogP contribution < -0.4 is 0 Å². The van der Waals surface area contributed by atoms with Gasteiger partial charge in [0.1, 0.15) is 5.15 Å². The maximum Gasteiger partial charge on any atom is 0.186 e. The number of aromatic nitrogens is 2. The quantitative estimate of drug-likeness (QED) is 0.657. The Morgan fingerprint density at radius 1 is 1.55 bits per heavy atom. The highest BCUT2D eigenvalue weighted by atomic mass is 79.9. The Balaban J connectivity index is 2.87. The lowest BCUT2D eigenvalue weighted by Gasteiger charge is -1.86. The lowest BCUT2D eigenvalue weighted by Crippen LogP contribution is -1.71. The number of fused-ring (bicyclic) bond motifs is 1. The molecule has 2 aromatic heterocycles. The predicted molar refractivity (Wildman–Crippen MR) is 44.5 cm³/mol. The average molecular weight is 233 g/mol. The third-order valence-electron chi connectivity index (χ3n) is 1.28. The van der Waals surface area contributed by atoms with Gasteiger partial charge in [0, 0.05) is 0 Å². The molecule has 0 aliphatic rings. The molecule has 0 aliphatic carbocycles.